The Morgan fingerprint density at radius 1 is 1.41 bits per heavy atom. The van der Waals surface area contributed by atoms with Crippen molar-refractivity contribution in [2.24, 2.45) is 0 Å². The summed E-state index contributed by atoms with van der Waals surface area (Å²) in [7, 11) is -0.175. The van der Waals surface area contributed by atoms with Gasteiger partial charge in [0.2, 0.25) is 10.0 Å². The second kappa shape index (κ2) is 6.49. The molecule has 0 aliphatic rings. The van der Waals surface area contributed by atoms with Gasteiger partial charge in [-0.05, 0) is 17.7 Å². The van der Waals surface area contributed by atoms with E-state index in [2.05, 4.69) is 15.9 Å². The fourth-order valence-corrected chi connectivity index (χ4v) is 2.82. The quantitative estimate of drug-likeness (QED) is 0.803. The number of methoxy groups -OCH3 is 1. The van der Waals surface area contributed by atoms with Crippen molar-refractivity contribution in [1.29, 1.82) is 0 Å². The smallest absolute Gasteiger partial charge is 0.216 e. The summed E-state index contributed by atoms with van der Waals surface area (Å²) in [6.07, 6.45) is 0. The van der Waals surface area contributed by atoms with Gasteiger partial charge in [0, 0.05) is 25.2 Å². The van der Waals surface area contributed by atoms with Crippen LogP contribution in [0.15, 0.2) is 28.7 Å². The van der Waals surface area contributed by atoms with E-state index in [1.165, 1.54) is 11.4 Å². The summed E-state index contributed by atoms with van der Waals surface area (Å²) in [5, 5.41) is 0. The Balaban J connectivity index is 2.68. The van der Waals surface area contributed by atoms with Crippen molar-refractivity contribution in [3.63, 3.8) is 0 Å². The average Bonchev–Trinajstić information content (AvgIpc) is 2.26. The minimum atomic E-state index is -3.24. The van der Waals surface area contributed by atoms with Gasteiger partial charge in [-0.25, -0.2) is 12.7 Å². The van der Waals surface area contributed by atoms with Gasteiger partial charge in [-0.3, -0.25) is 0 Å². The molecule has 1 aromatic rings. The summed E-state index contributed by atoms with van der Waals surface area (Å²) in [4.78, 5) is 0. The van der Waals surface area contributed by atoms with E-state index in [9.17, 15) is 8.42 Å². The number of nitrogens with zero attached hydrogens (tertiary/aromatic N) is 1. The van der Waals surface area contributed by atoms with Gasteiger partial charge in [-0.1, -0.05) is 28.1 Å². The molecule has 0 spiro atoms. The second-order valence-electron chi connectivity index (χ2n) is 3.69. The lowest BCUT2D eigenvalue weighted by Gasteiger charge is -2.17. The molecule has 17 heavy (non-hydrogen) atoms. The summed E-state index contributed by atoms with van der Waals surface area (Å²) in [5.41, 5.74) is 0.947. The Morgan fingerprint density at radius 2 is 2.12 bits per heavy atom. The lowest BCUT2D eigenvalue weighted by Crippen LogP contribution is -2.30. The zero-order chi connectivity index (χ0) is 12.9. The highest BCUT2D eigenvalue weighted by atomic mass is 79.9. The Hall–Kier alpha value is -0.430. The van der Waals surface area contributed by atoms with Crippen molar-refractivity contribution in [1.82, 2.24) is 4.31 Å². The normalized spacial score (nSPS) is 12.0. The van der Waals surface area contributed by atoms with Crippen molar-refractivity contribution in [3.8, 4) is 0 Å². The van der Waals surface area contributed by atoms with Gasteiger partial charge in [0.25, 0.3) is 0 Å². The van der Waals surface area contributed by atoms with Crippen LogP contribution in [0.3, 0.4) is 0 Å². The number of ether oxygens (including phenoxy) is 1. The molecular formula is C11H16BrNO3S. The van der Waals surface area contributed by atoms with E-state index < -0.39 is 10.0 Å². The van der Waals surface area contributed by atoms with Crippen molar-refractivity contribution in [2.75, 3.05) is 26.5 Å². The molecule has 0 radical (unpaired) electrons. The molecule has 1 rings (SSSR count). The molecule has 0 fully saturated rings. The van der Waals surface area contributed by atoms with E-state index >= 15 is 0 Å². The lowest BCUT2D eigenvalue weighted by molar-refractivity contribution is 0.215. The Labute approximate surface area is 111 Å². The highest BCUT2D eigenvalue weighted by Crippen LogP contribution is 2.14. The maximum absolute atomic E-state index is 11.8. The van der Waals surface area contributed by atoms with E-state index in [1.54, 1.807) is 7.05 Å². The molecule has 0 N–H and O–H groups in total. The first-order valence-electron chi connectivity index (χ1n) is 5.13. The van der Waals surface area contributed by atoms with Crippen LogP contribution in [0.1, 0.15) is 5.56 Å². The van der Waals surface area contributed by atoms with Gasteiger partial charge in [-0.2, -0.15) is 0 Å². The first kappa shape index (κ1) is 14.6. The van der Waals surface area contributed by atoms with Crippen LogP contribution in [0.25, 0.3) is 0 Å². The highest BCUT2D eigenvalue weighted by molar-refractivity contribution is 9.10. The van der Waals surface area contributed by atoms with Crippen LogP contribution >= 0.6 is 15.9 Å². The van der Waals surface area contributed by atoms with Crippen LogP contribution in [-0.2, 0) is 21.3 Å². The Morgan fingerprint density at radius 3 is 2.71 bits per heavy atom. The van der Waals surface area contributed by atoms with Crippen LogP contribution in [0.4, 0.5) is 0 Å². The molecule has 0 saturated heterocycles. The summed E-state index contributed by atoms with van der Waals surface area (Å²) < 4.78 is 30.7. The van der Waals surface area contributed by atoms with E-state index in [1.807, 2.05) is 24.3 Å². The van der Waals surface area contributed by atoms with Gasteiger partial charge < -0.3 is 4.74 Å². The molecule has 0 amide bonds. The molecule has 0 bridgehead atoms. The first-order chi connectivity index (χ1) is 7.95. The number of rotatable bonds is 6. The average molecular weight is 322 g/mol. The molecular weight excluding hydrogens is 306 g/mol. The number of hydrogen-bond acceptors (Lipinski definition) is 3. The van der Waals surface area contributed by atoms with E-state index in [0.717, 1.165) is 10.0 Å². The molecule has 0 aliphatic heterocycles. The molecule has 6 heteroatoms. The second-order valence-corrected chi connectivity index (χ2v) is 6.81. The summed E-state index contributed by atoms with van der Waals surface area (Å²) in [5.74, 6) is 0.00794. The van der Waals surface area contributed by atoms with E-state index in [0.29, 0.717) is 6.54 Å². The molecule has 0 atom stereocenters. The Kier molecular flexibility index (Phi) is 5.58. The van der Waals surface area contributed by atoms with Crippen LogP contribution in [0.5, 0.6) is 0 Å². The van der Waals surface area contributed by atoms with Crippen molar-refractivity contribution < 1.29 is 13.2 Å². The predicted octanol–water partition coefficient (Wildman–Crippen LogP) is 1.86. The molecule has 0 heterocycles. The van der Waals surface area contributed by atoms with Gasteiger partial charge >= 0.3 is 0 Å². The van der Waals surface area contributed by atoms with Crippen molar-refractivity contribution in [3.05, 3.63) is 34.3 Å². The van der Waals surface area contributed by atoms with Gasteiger partial charge in [0.05, 0.1) is 12.4 Å². The third-order valence-electron chi connectivity index (χ3n) is 2.31. The third kappa shape index (κ3) is 4.75. The summed E-state index contributed by atoms with van der Waals surface area (Å²) >= 11 is 3.36. The number of sulfonamides is 1. The maximum atomic E-state index is 11.8. The molecule has 0 unspecified atom stereocenters. The molecule has 0 aliphatic carbocycles. The molecule has 4 nitrogen and oxygen atoms in total. The minimum Gasteiger partial charge on any atom is -0.384 e. The van der Waals surface area contributed by atoms with Gasteiger partial charge in [0.1, 0.15) is 0 Å². The van der Waals surface area contributed by atoms with Gasteiger partial charge in [-0.15, -0.1) is 0 Å². The number of hydrogen-bond donors (Lipinski definition) is 0. The van der Waals surface area contributed by atoms with E-state index in [-0.39, 0.29) is 12.4 Å². The monoisotopic (exact) mass is 321 g/mol. The zero-order valence-electron chi connectivity index (χ0n) is 9.89. The summed E-state index contributed by atoms with van der Waals surface area (Å²) in [6, 6.07) is 7.59. The highest BCUT2D eigenvalue weighted by Gasteiger charge is 2.17. The molecule has 0 saturated carbocycles. The maximum Gasteiger partial charge on any atom is 0.216 e. The number of benzene rings is 1. The largest absolute Gasteiger partial charge is 0.384 e. The topological polar surface area (TPSA) is 46.6 Å². The predicted molar refractivity (Wildman–Crippen MR) is 71.3 cm³/mol. The minimum absolute atomic E-state index is 0.00794. The van der Waals surface area contributed by atoms with Crippen molar-refractivity contribution in [2.45, 2.75) is 6.54 Å². The van der Waals surface area contributed by atoms with Crippen LogP contribution in [0.2, 0.25) is 0 Å². The third-order valence-corrected chi connectivity index (χ3v) is 4.57. The molecule has 1 aromatic carbocycles. The Bertz CT molecular complexity index is 462. The fraction of sp³-hybridized carbons (Fsp3) is 0.455. The van der Waals surface area contributed by atoms with Crippen LogP contribution in [-0.4, -0.2) is 39.2 Å². The summed E-state index contributed by atoms with van der Waals surface area (Å²) in [6.45, 7) is 0.580. The van der Waals surface area contributed by atoms with Crippen molar-refractivity contribution >= 4 is 26.0 Å². The lowest BCUT2D eigenvalue weighted by atomic mass is 10.2. The van der Waals surface area contributed by atoms with Gasteiger partial charge in [0.15, 0.2) is 0 Å². The van der Waals surface area contributed by atoms with E-state index in [4.69, 9.17) is 4.74 Å². The van der Waals surface area contributed by atoms with Crippen LogP contribution < -0.4 is 0 Å². The SMILES string of the molecule is COCCS(=O)(=O)N(C)Cc1cccc(Br)c1. The standard InChI is InChI=1S/C11H16BrNO3S/c1-13(17(14,15)7-6-16-2)9-10-4-3-5-11(12)8-10/h3-5,8H,6-7,9H2,1-2H3. The van der Waals surface area contributed by atoms with Crippen LogP contribution in [0, 0.1) is 0 Å². The molecule has 0 aromatic heterocycles. The number of halogens is 1. The fourth-order valence-electron chi connectivity index (χ4n) is 1.34. The first-order valence-corrected chi connectivity index (χ1v) is 7.53. The zero-order valence-corrected chi connectivity index (χ0v) is 12.3. The molecule has 96 valence electrons.